The lowest BCUT2D eigenvalue weighted by atomic mass is 10.1. The molecular weight excluding hydrogens is 216 g/mol. The van der Waals surface area contributed by atoms with Gasteiger partial charge in [0.25, 0.3) is 0 Å². The summed E-state index contributed by atoms with van der Waals surface area (Å²) in [4.78, 5) is 0. The number of rotatable bonds is 4. The molecule has 0 spiro atoms. The fourth-order valence-electron chi connectivity index (χ4n) is 1.54. The molecule has 1 heteroatoms. The first-order valence-corrected chi connectivity index (χ1v) is 6.37. The van der Waals surface area contributed by atoms with E-state index in [4.69, 9.17) is 11.6 Å². The average molecular weight is 235 g/mol. The van der Waals surface area contributed by atoms with E-state index in [-0.39, 0.29) is 0 Å². The summed E-state index contributed by atoms with van der Waals surface area (Å²) in [6.07, 6.45) is 6.09. The normalized spacial score (nSPS) is 9.69. The molecule has 0 heterocycles. The summed E-state index contributed by atoms with van der Waals surface area (Å²) in [6, 6.07) is 5.89. The SMILES string of the molecule is CCCCCCC#Cc1cccc(Cl)c1C. The maximum Gasteiger partial charge on any atom is 0.0447 e. The Morgan fingerprint density at radius 1 is 1.19 bits per heavy atom. The molecule has 0 saturated carbocycles. The van der Waals surface area contributed by atoms with Crippen LogP contribution < -0.4 is 0 Å². The molecule has 0 fully saturated rings. The van der Waals surface area contributed by atoms with Crippen LogP contribution in [0.3, 0.4) is 0 Å². The van der Waals surface area contributed by atoms with E-state index in [1.807, 2.05) is 25.1 Å². The molecule has 0 aliphatic heterocycles. The van der Waals surface area contributed by atoms with Gasteiger partial charge in [0.1, 0.15) is 0 Å². The Labute approximate surface area is 104 Å². The van der Waals surface area contributed by atoms with Crippen LogP contribution in [0, 0.1) is 18.8 Å². The minimum atomic E-state index is 0.804. The topological polar surface area (TPSA) is 0 Å². The fraction of sp³-hybridized carbons (Fsp3) is 0.467. The Hall–Kier alpha value is -0.930. The second-order valence-electron chi connectivity index (χ2n) is 4.02. The first-order chi connectivity index (χ1) is 7.75. The molecule has 0 atom stereocenters. The molecule has 0 aliphatic carbocycles. The minimum absolute atomic E-state index is 0.804. The monoisotopic (exact) mass is 234 g/mol. The Morgan fingerprint density at radius 3 is 2.75 bits per heavy atom. The summed E-state index contributed by atoms with van der Waals surface area (Å²) < 4.78 is 0. The highest BCUT2D eigenvalue weighted by Gasteiger charge is 1.97. The second-order valence-corrected chi connectivity index (χ2v) is 4.43. The molecule has 0 N–H and O–H groups in total. The number of halogens is 1. The van der Waals surface area contributed by atoms with E-state index < -0.39 is 0 Å². The van der Waals surface area contributed by atoms with Gasteiger partial charge in [0, 0.05) is 17.0 Å². The van der Waals surface area contributed by atoms with E-state index in [2.05, 4.69) is 18.8 Å². The van der Waals surface area contributed by atoms with E-state index in [0.29, 0.717) is 0 Å². The lowest BCUT2D eigenvalue weighted by molar-refractivity contribution is 0.679. The van der Waals surface area contributed by atoms with Crippen molar-refractivity contribution in [3.63, 3.8) is 0 Å². The molecule has 0 nitrogen and oxygen atoms in total. The van der Waals surface area contributed by atoms with Crippen molar-refractivity contribution < 1.29 is 0 Å². The van der Waals surface area contributed by atoms with E-state index in [9.17, 15) is 0 Å². The Morgan fingerprint density at radius 2 is 2.00 bits per heavy atom. The molecule has 86 valence electrons. The van der Waals surface area contributed by atoms with Gasteiger partial charge >= 0.3 is 0 Å². The molecule has 1 rings (SSSR count). The van der Waals surface area contributed by atoms with E-state index >= 15 is 0 Å². The van der Waals surface area contributed by atoms with Gasteiger partial charge in [0.15, 0.2) is 0 Å². The van der Waals surface area contributed by atoms with Crippen LogP contribution in [-0.2, 0) is 0 Å². The van der Waals surface area contributed by atoms with Crippen LogP contribution in [0.15, 0.2) is 18.2 Å². The van der Waals surface area contributed by atoms with Crippen molar-refractivity contribution >= 4 is 11.6 Å². The maximum atomic E-state index is 6.03. The fourth-order valence-corrected chi connectivity index (χ4v) is 1.72. The predicted octanol–water partition coefficient (Wildman–Crippen LogP) is 4.97. The quantitative estimate of drug-likeness (QED) is 0.510. The largest absolute Gasteiger partial charge is 0.0979 e. The molecule has 0 amide bonds. The molecular formula is C15H19Cl. The highest BCUT2D eigenvalue weighted by atomic mass is 35.5. The Kier molecular flexibility index (Phi) is 6.04. The van der Waals surface area contributed by atoms with Crippen molar-refractivity contribution in [1.29, 1.82) is 0 Å². The van der Waals surface area contributed by atoms with Crippen LogP contribution in [0.1, 0.15) is 50.2 Å². The van der Waals surface area contributed by atoms with Crippen LogP contribution in [0.4, 0.5) is 0 Å². The predicted molar refractivity (Wildman–Crippen MR) is 71.8 cm³/mol. The summed E-state index contributed by atoms with van der Waals surface area (Å²) in [5.41, 5.74) is 2.15. The standard InChI is InChI=1S/C15H19Cl/c1-3-4-5-6-7-8-10-14-11-9-12-15(16)13(14)2/h9,11-12H,3-7H2,1-2H3. The highest BCUT2D eigenvalue weighted by Crippen LogP contribution is 2.17. The summed E-state index contributed by atoms with van der Waals surface area (Å²) >= 11 is 6.03. The number of benzene rings is 1. The first-order valence-electron chi connectivity index (χ1n) is 5.99. The zero-order valence-corrected chi connectivity index (χ0v) is 10.9. The third-order valence-corrected chi connectivity index (χ3v) is 3.06. The molecule has 0 radical (unpaired) electrons. The molecule has 0 unspecified atom stereocenters. The van der Waals surface area contributed by atoms with Crippen molar-refractivity contribution in [2.75, 3.05) is 0 Å². The van der Waals surface area contributed by atoms with Crippen LogP contribution in [0.2, 0.25) is 5.02 Å². The van der Waals surface area contributed by atoms with Crippen LogP contribution >= 0.6 is 11.6 Å². The lowest BCUT2D eigenvalue weighted by Gasteiger charge is -1.99. The molecule has 1 aromatic carbocycles. The average Bonchev–Trinajstić information content (AvgIpc) is 2.29. The lowest BCUT2D eigenvalue weighted by Crippen LogP contribution is -1.82. The van der Waals surface area contributed by atoms with Gasteiger partial charge in [-0.05, 0) is 31.0 Å². The summed E-state index contributed by atoms with van der Waals surface area (Å²) in [5, 5.41) is 0.804. The Bertz CT molecular complexity index is 382. The summed E-state index contributed by atoms with van der Waals surface area (Å²) in [7, 11) is 0. The summed E-state index contributed by atoms with van der Waals surface area (Å²) in [6.45, 7) is 4.24. The van der Waals surface area contributed by atoms with Gasteiger partial charge in [0.2, 0.25) is 0 Å². The second kappa shape index (κ2) is 7.36. The molecule has 0 aromatic heterocycles. The molecule has 16 heavy (non-hydrogen) atoms. The van der Waals surface area contributed by atoms with E-state index in [1.54, 1.807) is 0 Å². The molecule has 1 aromatic rings. The van der Waals surface area contributed by atoms with Crippen molar-refractivity contribution in [2.45, 2.75) is 46.0 Å². The minimum Gasteiger partial charge on any atom is -0.0979 e. The van der Waals surface area contributed by atoms with Crippen LogP contribution in [0.5, 0.6) is 0 Å². The number of hydrogen-bond acceptors (Lipinski definition) is 0. The van der Waals surface area contributed by atoms with Crippen LogP contribution in [0.25, 0.3) is 0 Å². The van der Waals surface area contributed by atoms with Crippen molar-refractivity contribution in [2.24, 2.45) is 0 Å². The van der Waals surface area contributed by atoms with Gasteiger partial charge in [-0.2, -0.15) is 0 Å². The molecule has 0 aliphatic rings. The van der Waals surface area contributed by atoms with Gasteiger partial charge in [-0.15, -0.1) is 0 Å². The Balaban J connectivity index is 2.47. The number of unbranched alkanes of at least 4 members (excludes halogenated alkanes) is 4. The van der Waals surface area contributed by atoms with Gasteiger partial charge in [-0.25, -0.2) is 0 Å². The third kappa shape index (κ3) is 4.29. The van der Waals surface area contributed by atoms with Crippen LogP contribution in [-0.4, -0.2) is 0 Å². The van der Waals surface area contributed by atoms with Gasteiger partial charge in [-0.3, -0.25) is 0 Å². The van der Waals surface area contributed by atoms with Gasteiger partial charge in [-0.1, -0.05) is 55.7 Å². The highest BCUT2D eigenvalue weighted by molar-refractivity contribution is 6.31. The van der Waals surface area contributed by atoms with Gasteiger partial charge < -0.3 is 0 Å². The van der Waals surface area contributed by atoms with Crippen molar-refractivity contribution in [3.8, 4) is 11.8 Å². The van der Waals surface area contributed by atoms with Gasteiger partial charge in [0.05, 0.1) is 0 Å². The van der Waals surface area contributed by atoms with Crippen molar-refractivity contribution in [3.05, 3.63) is 34.3 Å². The molecule has 0 bridgehead atoms. The molecule has 0 saturated heterocycles. The number of hydrogen-bond donors (Lipinski definition) is 0. The zero-order chi connectivity index (χ0) is 11.8. The smallest absolute Gasteiger partial charge is 0.0447 e. The van der Waals surface area contributed by atoms with Crippen molar-refractivity contribution in [1.82, 2.24) is 0 Å². The van der Waals surface area contributed by atoms with E-state index in [0.717, 1.165) is 22.6 Å². The third-order valence-electron chi connectivity index (χ3n) is 2.65. The first kappa shape index (κ1) is 13.1. The maximum absolute atomic E-state index is 6.03. The van der Waals surface area contributed by atoms with E-state index in [1.165, 1.54) is 25.7 Å². The zero-order valence-electron chi connectivity index (χ0n) is 10.1. The summed E-state index contributed by atoms with van der Waals surface area (Å²) in [5.74, 6) is 6.42.